The van der Waals surface area contributed by atoms with Crippen LogP contribution in [-0.2, 0) is 0 Å². The van der Waals surface area contributed by atoms with Crippen LogP contribution in [0.1, 0.15) is 17.8 Å². The molecule has 0 bridgehead atoms. The summed E-state index contributed by atoms with van der Waals surface area (Å²) in [5, 5.41) is 7.07. The summed E-state index contributed by atoms with van der Waals surface area (Å²) >= 11 is 1.59. The van der Waals surface area contributed by atoms with E-state index < -0.39 is 0 Å². The van der Waals surface area contributed by atoms with Gasteiger partial charge in [0.1, 0.15) is 5.82 Å². The van der Waals surface area contributed by atoms with Gasteiger partial charge in [-0.1, -0.05) is 23.5 Å². The van der Waals surface area contributed by atoms with Crippen LogP contribution in [0.5, 0.6) is 0 Å². The topological polar surface area (TPSA) is 37.0 Å². The van der Waals surface area contributed by atoms with Crippen LogP contribution in [0.3, 0.4) is 0 Å². The molecule has 0 spiro atoms. The first-order valence-electron chi connectivity index (χ1n) is 5.77. The van der Waals surface area contributed by atoms with Gasteiger partial charge >= 0.3 is 0 Å². The number of nitrogens with zero attached hydrogens (tertiary/aromatic N) is 1. The lowest BCUT2D eigenvalue weighted by molar-refractivity contribution is 0.628. The Kier molecular flexibility index (Phi) is 3.93. The molecule has 1 atom stereocenters. The number of benzene rings is 1. The minimum absolute atomic E-state index is 0.183. The van der Waals surface area contributed by atoms with E-state index in [-0.39, 0.29) is 11.9 Å². The summed E-state index contributed by atoms with van der Waals surface area (Å²) in [6.07, 6.45) is 0. The van der Waals surface area contributed by atoms with E-state index >= 15 is 0 Å². The van der Waals surface area contributed by atoms with E-state index in [1.807, 2.05) is 20.2 Å². The van der Waals surface area contributed by atoms with Crippen molar-refractivity contribution in [3.8, 4) is 11.3 Å². The summed E-state index contributed by atoms with van der Waals surface area (Å²) in [4.78, 5) is 5.61. The highest BCUT2D eigenvalue weighted by atomic mass is 32.1. The predicted molar refractivity (Wildman–Crippen MR) is 74.5 cm³/mol. The molecule has 0 saturated carbocycles. The quantitative estimate of drug-likeness (QED) is 0.891. The highest BCUT2D eigenvalue weighted by molar-refractivity contribution is 7.16. The molecule has 0 radical (unpaired) electrons. The second kappa shape index (κ2) is 5.46. The third kappa shape index (κ3) is 2.52. The van der Waals surface area contributed by atoms with Crippen LogP contribution in [-0.4, -0.2) is 19.1 Å². The molecule has 1 unspecified atom stereocenters. The van der Waals surface area contributed by atoms with Crippen molar-refractivity contribution < 1.29 is 4.39 Å². The molecule has 1 aromatic heterocycles. The Hall–Kier alpha value is -1.46. The first-order chi connectivity index (χ1) is 8.65. The van der Waals surface area contributed by atoms with E-state index in [0.717, 1.165) is 21.3 Å². The normalized spacial score (nSPS) is 12.4. The highest BCUT2D eigenvalue weighted by Gasteiger charge is 2.17. The van der Waals surface area contributed by atoms with Crippen molar-refractivity contribution in [2.45, 2.75) is 13.0 Å². The number of halogens is 1. The van der Waals surface area contributed by atoms with Crippen LogP contribution in [0.15, 0.2) is 24.3 Å². The zero-order valence-corrected chi connectivity index (χ0v) is 11.4. The first-order valence-corrected chi connectivity index (χ1v) is 6.59. The van der Waals surface area contributed by atoms with Crippen molar-refractivity contribution in [1.82, 2.24) is 10.3 Å². The average Bonchev–Trinajstić information content (AvgIpc) is 2.82. The molecule has 0 amide bonds. The van der Waals surface area contributed by atoms with Gasteiger partial charge in [-0.2, -0.15) is 0 Å². The number of nitrogens with one attached hydrogen (secondary N) is 2. The lowest BCUT2D eigenvalue weighted by Gasteiger charge is -2.09. The van der Waals surface area contributed by atoms with Gasteiger partial charge in [-0.15, -0.1) is 0 Å². The van der Waals surface area contributed by atoms with E-state index in [9.17, 15) is 4.39 Å². The summed E-state index contributed by atoms with van der Waals surface area (Å²) < 4.78 is 13.3. The monoisotopic (exact) mass is 265 g/mol. The van der Waals surface area contributed by atoms with Gasteiger partial charge in [0.05, 0.1) is 10.6 Å². The third-order valence-corrected chi connectivity index (χ3v) is 4.05. The van der Waals surface area contributed by atoms with E-state index in [2.05, 4.69) is 22.5 Å². The minimum Gasteiger partial charge on any atom is -0.365 e. The maximum Gasteiger partial charge on any atom is 0.183 e. The fourth-order valence-electron chi connectivity index (χ4n) is 1.71. The SMILES string of the molecule is CNc1nc(-c2cccc(F)c2)c(C(C)NC)s1. The Morgan fingerprint density at radius 2 is 2.11 bits per heavy atom. The van der Waals surface area contributed by atoms with Gasteiger partial charge in [-0.25, -0.2) is 9.37 Å². The number of anilines is 1. The molecule has 5 heteroatoms. The zero-order chi connectivity index (χ0) is 13.1. The standard InChI is InChI=1S/C13H16FN3S/c1-8(15-2)12-11(17-13(16-3)18-12)9-5-4-6-10(14)7-9/h4-8,15H,1-3H3,(H,16,17). The maximum atomic E-state index is 13.3. The minimum atomic E-state index is -0.241. The highest BCUT2D eigenvalue weighted by Crippen LogP contribution is 2.35. The molecule has 1 aromatic carbocycles. The van der Waals surface area contributed by atoms with Crippen molar-refractivity contribution in [3.63, 3.8) is 0 Å². The van der Waals surface area contributed by atoms with Crippen molar-refractivity contribution in [2.24, 2.45) is 0 Å². The van der Waals surface area contributed by atoms with E-state index in [1.165, 1.54) is 12.1 Å². The third-order valence-electron chi connectivity index (χ3n) is 2.79. The molecule has 18 heavy (non-hydrogen) atoms. The van der Waals surface area contributed by atoms with Gasteiger partial charge in [-0.05, 0) is 26.1 Å². The van der Waals surface area contributed by atoms with Crippen LogP contribution in [0.25, 0.3) is 11.3 Å². The van der Waals surface area contributed by atoms with Crippen molar-refractivity contribution in [1.29, 1.82) is 0 Å². The Morgan fingerprint density at radius 3 is 2.72 bits per heavy atom. The Morgan fingerprint density at radius 1 is 1.33 bits per heavy atom. The van der Waals surface area contributed by atoms with Gasteiger partial charge in [-0.3, -0.25) is 0 Å². The molecule has 0 aliphatic carbocycles. The molecule has 0 aliphatic rings. The predicted octanol–water partition coefficient (Wildman–Crippen LogP) is 3.27. The van der Waals surface area contributed by atoms with Crippen molar-refractivity contribution in [3.05, 3.63) is 35.0 Å². The molecule has 0 fully saturated rings. The second-order valence-corrected chi connectivity index (χ2v) is 5.03. The smallest absolute Gasteiger partial charge is 0.183 e. The summed E-state index contributed by atoms with van der Waals surface area (Å²) in [6, 6.07) is 6.72. The van der Waals surface area contributed by atoms with Crippen LogP contribution in [0.2, 0.25) is 0 Å². The molecule has 2 aromatic rings. The lowest BCUT2D eigenvalue weighted by Crippen LogP contribution is -2.11. The van der Waals surface area contributed by atoms with Crippen LogP contribution < -0.4 is 10.6 Å². The Bertz CT molecular complexity index is 539. The van der Waals surface area contributed by atoms with E-state index in [1.54, 1.807) is 17.4 Å². The molecule has 2 N–H and O–H groups in total. The first kappa shape index (κ1) is 13.0. The van der Waals surface area contributed by atoms with Crippen LogP contribution >= 0.6 is 11.3 Å². The maximum absolute atomic E-state index is 13.3. The Labute approximate surface area is 110 Å². The zero-order valence-electron chi connectivity index (χ0n) is 10.6. The number of hydrogen-bond donors (Lipinski definition) is 2. The van der Waals surface area contributed by atoms with Gasteiger partial charge < -0.3 is 10.6 Å². The largest absolute Gasteiger partial charge is 0.365 e. The number of aromatic nitrogens is 1. The second-order valence-electron chi connectivity index (χ2n) is 4.00. The lowest BCUT2D eigenvalue weighted by atomic mass is 10.1. The summed E-state index contributed by atoms with van der Waals surface area (Å²) in [5.74, 6) is -0.241. The molecular weight excluding hydrogens is 249 g/mol. The fraction of sp³-hybridized carbons (Fsp3) is 0.308. The fourth-order valence-corrected chi connectivity index (χ4v) is 2.71. The summed E-state index contributed by atoms with van der Waals surface area (Å²) in [7, 11) is 3.74. The van der Waals surface area contributed by atoms with Gasteiger partial charge in [0, 0.05) is 18.7 Å². The molecule has 0 aliphatic heterocycles. The summed E-state index contributed by atoms with van der Waals surface area (Å²) in [5.41, 5.74) is 1.65. The van der Waals surface area contributed by atoms with E-state index in [4.69, 9.17) is 0 Å². The molecular formula is C13H16FN3S. The van der Waals surface area contributed by atoms with Gasteiger partial charge in [0.25, 0.3) is 0 Å². The molecule has 2 rings (SSSR count). The molecule has 3 nitrogen and oxygen atoms in total. The van der Waals surface area contributed by atoms with E-state index in [0.29, 0.717) is 0 Å². The average molecular weight is 265 g/mol. The van der Waals surface area contributed by atoms with Crippen molar-refractivity contribution in [2.75, 3.05) is 19.4 Å². The Balaban J connectivity index is 2.51. The van der Waals surface area contributed by atoms with Gasteiger partial charge in [0.15, 0.2) is 5.13 Å². The molecule has 0 saturated heterocycles. The van der Waals surface area contributed by atoms with Gasteiger partial charge in [0.2, 0.25) is 0 Å². The molecule has 96 valence electrons. The number of rotatable bonds is 4. The van der Waals surface area contributed by atoms with Crippen LogP contribution in [0, 0.1) is 5.82 Å². The number of thiazole rings is 1. The molecule has 1 heterocycles. The van der Waals surface area contributed by atoms with Crippen LogP contribution in [0.4, 0.5) is 9.52 Å². The number of hydrogen-bond acceptors (Lipinski definition) is 4. The summed E-state index contributed by atoms with van der Waals surface area (Å²) in [6.45, 7) is 2.07. The van der Waals surface area contributed by atoms with Crippen molar-refractivity contribution >= 4 is 16.5 Å².